The zero-order valence-corrected chi connectivity index (χ0v) is 9.33. The van der Waals surface area contributed by atoms with Crippen LogP contribution in [0.5, 0.6) is 0 Å². The predicted molar refractivity (Wildman–Crippen MR) is 54.9 cm³/mol. The highest BCUT2D eigenvalue weighted by Gasteiger charge is 2.08. The number of hydroxylamine groups is 1. The number of ether oxygens (including phenoxy) is 1. The van der Waals surface area contributed by atoms with Crippen molar-refractivity contribution in [2.45, 2.75) is 33.6 Å². The maximum Gasteiger partial charge on any atom is 0.440 e. The van der Waals surface area contributed by atoms with Gasteiger partial charge in [0.15, 0.2) is 0 Å². The van der Waals surface area contributed by atoms with E-state index in [1.165, 1.54) is 0 Å². The van der Waals surface area contributed by atoms with Gasteiger partial charge in [-0.1, -0.05) is 19.4 Å². The maximum atomic E-state index is 11.2. The van der Waals surface area contributed by atoms with Gasteiger partial charge in [0.2, 0.25) is 0 Å². The molecule has 0 aromatic carbocycles. The van der Waals surface area contributed by atoms with E-state index in [4.69, 9.17) is 0 Å². The van der Waals surface area contributed by atoms with Gasteiger partial charge < -0.3 is 9.57 Å². The van der Waals surface area contributed by atoms with E-state index in [0.29, 0.717) is 5.57 Å². The summed E-state index contributed by atoms with van der Waals surface area (Å²) in [4.78, 5) is 26.4. The van der Waals surface area contributed by atoms with Crippen molar-refractivity contribution in [3.05, 3.63) is 11.6 Å². The molecular formula is C10H17NO4. The Kier molecular flexibility index (Phi) is 7.05. The molecule has 0 fully saturated rings. The highest BCUT2D eigenvalue weighted by atomic mass is 16.7. The zero-order valence-electron chi connectivity index (χ0n) is 9.33. The van der Waals surface area contributed by atoms with E-state index in [2.05, 4.69) is 9.57 Å². The van der Waals surface area contributed by atoms with Gasteiger partial charge in [-0.2, -0.15) is 0 Å². The third-order valence-corrected chi connectivity index (χ3v) is 1.56. The van der Waals surface area contributed by atoms with Crippen LogP contribution in [0.4, 0.5) is 4.79 Å². The standard InChI is InChI=1S/C10H17NO4/c1-4-6-7-8(3)9(12)15-11-10(13)14-5-2/h7H,4-6H2,1-3H3,(H,11,13). The lowest BCUT2D eigenvalue weighted by Gasteiger charge is -2.05. The summed E-state index contributed by atoms with van der Waals surface area (Å²) in [5, 5.41) is 0. The molecular weight excluding hydrogens is 198 g/mol. The molecule has 86 valence electrons. The second-order valence-electron chi connectivity index (χ2n) is 2.89. The molecule has 0 aromatic rings. The second-order valence-corrected chi connectivity index (χ2v) is 2.89. The Hall–Kier alpha value is -1.52. The quantitative estimate of drug-likeness (QED) is 0.575. The van der Waals surface area contributed by atoms with Gasteiger partial charge in [-0.25, -0.2) is 9.59 Å². The Labute approximate surface area is 89.4 Å². The van der Waals surface area contributed by atoms with Crippen LogP contribution >= 0.6 is 0 Å². The van der Waals surface area contributed by atoms with E-state index in [1.807, 2.05) is 12.4 Å². The van der Waals surface area contributed by atoms with E-state index < -0.39 is 12.1 Å². The summed E-state index contributed by atoms with van der Waals surface area (Å²) in [5.41, 5.74) is 2.36. The number of hydrogen-bond acceptors (Lipinski definition) is 4. The molecule has 0 spiro atoms. The first kappa shape index (κ1) is 13.5. The van der Waals surface area contributed by atoms with Gasteiger partial charge >= 0.3 is 12.1 Å². The van der Waals surface area contributed by atoms with Gasteiger partial charge in [0.05, 0.1) is 6.61 Å². The Morgan fingerprint density at radius 2 is 2.00 bits per heavy atom. The van der Waals surface area contributed by atoms with Crippen LogP contribution in [0.15, 0.2) is 11.6 Å². The molecule has 0 saturated carbocycles. The number of hydrogen-bond donors (Lipinski definition) is 1. The van der Waals surface area contributed by atoms with Crippen LogP contribution in [-0.2, 0) is 14.4 Å². The van der Waals surface area contributed by atoms with Crippen molar-refractivity contribution < 1.29 is 19.2 Å². The smallest absolute Gasteiger partial charge is 0.440 e. The summed E-state index contributed by atoms with van der Waals surface area (Å²) in [6.07, 6.45) is 2.75. The fourth-order valence-electron chi connectivity index (χ4n) is 0.773. The van der Waals surface area contributed by atoms with Crippen LogP contribution < -0.4 is 5.48 Å². The number of unbranched alkanes of at least 4 members (excludes halogenated alkanes) is 1. The summed E-state index contributed by atoms with van der Waals surface area (Å²) in [6.45, 7) is 5.53. The first-order valence-electron chi connectivity index (χ1n) is 4.92. The monoisotopic (exact) mass is 215 g/mol. The summed E-state index contributed by atoms with van der Waals surface area (Å²) < 4.78 is 4.51. The van der Waals surface area contributed by atoms with Gasteiger partial charge in [-0.15, -0.1) is 5.48 Å². The Morgan fingerprint density at radius 3 is 2.53 bits per heavy atom. The lowest BCUT2D eigenvalue weighted by Crippen LogP contribution is -2.28. The van der Waals surface area contributed by atoms with Crippen LogP contribution in [0.2, 0.25) is 0 Å². The number of allylic oxidation sites excluding steroid dienone is 1. The third-order valence-electron chi connectivity index (χ3n) is 1.56. The number of carbonyl (C=O) groups excluding carboxylic acids is 2. The molecule has 0 heterocycles. The van der Waals surface area contributed by atoms with Crippen LogP contribution in [0.3, 0.4) is 0 Å². The minimum atomic E-state index is -0.769. The van der Waals surface area contributed by atoms with E-state index in [9.17, 15) is 9.59 Å². The topological polar surface area (TPSA) is 64.6 Å². The zero-order chi connectivity index (χ0) is 11.7. The van der Waals surface area contributed by atoms with Crippen molar-refractivity contribution in [2.75, 3.05) is 6.61 Å². The van der Waals surface area contributed by atoms with Gasteiger partial charge in [0, 0.05) is 5.57 Å². The lowest BCUT2D eigenvalue weighted by molar-refractivity contribution is -0.144. The number of carbonyl (C=O) groups is 2. The van der Waals surface area contributed by atoms with Crippen molar-refractivity contribution in [1.82, 2.24) is 5.48 Å². The van der Waals surface area contributed by atoms with E-state index in [0.717, 1.165) is 12.8 Å². The lowest BCUT2D eigenvalue weighted by atomic mass is 10.2. The third kappa shape index (κ3) is 6.54. The Balaban J connectivity index is 3.87. The number of amides is 1. The molecule has 0 aromatic heterocycles. The minimum absolute atomic E-state index is 0.230. The van der Waals surface area contributed by atoms with Gasteiger partial charge in [-0.3, -0.25) is 0 Å². The molecule has 1 amide bonds. The normalized spacial score (nSPS) is 10.7. The summed E-state index contributed by atoms with van der Waals surface area (Å²) in [5.74, 6) is -0.573. The molecule has 0 bridgehead atoms. The van der Waals surface area contributed by atoms with Crippen LogP contribution in [0.25, 0.3) is 0 Å². The largest absolute Gasteiger partial charge is 0.448 e. The van der Waals surface area contributed by atoms with Gasteiger partial charge in [0.1, 0.15) is 0 Å². The summed E-state index contributed by atoms with van der Waals surface area (Å²) in [6, 6.07) is 0. The molecule has 5 nitrogen and oxygen atoms in total. The SMILES string of the molecule is CCCC=C(C)C(=O)ONC(=O)OCC. The minimum Gasteiger partial charge on any atom is -0.448 e. The van der Waals surface area contributed by atoms with Crippen molar-refractivity contribution in [3.8, 4) is 0 Å². The molecule has 0 unspecified atom stereocenters. The number of nitrogens with one attached hydrogen (secondary N) is 1. The van der Waals surface area contributed by atoms with E-state index in [-0.39, 0.29) is 6.61 Å². The molecule has 0 aliphatic rings. The summed E-state index contributed by atoms with van der Waals surface area (Å²) >= 11 is 0. The average Bonchev–Trinajstić information content (AvgIpc) is 2.22. The molecule has 15 heavy (non-hydrogen) atoms. The van der Waals surface area contributed by atoms with E-state index >= 15 is 0 Å². The van der Waals surface area contributed by atoms with Crippen LogP contribution in [0, 0.1) is 0 Å². The molecule has 0 radical (unpaired) electrons. The molecule has 1 N–H and O–H groups in total. The molecule has 0 aliphatic carbocycles. The second kappa shape index (κ2) is 7.84. The highest BCUT2D eigenvalue weighted by molar-refractivity contribution is 5.88. The van der Waals surface area contributed by atoms with Crippen LogP contribution in [0.1, 0.15) is 33.6 Å². The molecule has 0 rings (SSSR count). The van der Waals surface area contributed by atoms with Crippen molar-refractivity contribution in [1.29, 1.82) is 0 Å². The Bertz CT molecular complexity index is 248. The first-order chi connectivity index (χ1) is 7.11. The predicted octanol–water partition coefficient (Wildman–Crippen LogP) is 1.94. The van der Waals surface area contributed by atoms with Crippen molar-refractivity contribution >= 4 is 12.1 Å². The first-order valence-corrected chi connectivity index (χ1v) is 4.92. The fraction of sp³-hybridized carbons (Fsp3) is 0.600. The maximum absolute atomic E-state index is 11.2. The fourth-order valence-corrected chi connectivity index (χ4v) is 0.773. The molecule has 0 aliphatic heterocycles. The van der Waals surface area contributed by atoms with Crippen molar-refractivity contribution in [3.63, 3.8) is 0 Å². The van der Waals surface area contributed by atoms with Crippen LogP contribution in [-0.4, -0.2) is 18.7 Å². The highest BCUT2D eigenvalue weighted by Crippen LogP contribution is 1.99. The van der Waals surface area contributed by atoms with E-state index in [1.54, 1.807) is 19.9 Å². The van der Waals surface area contributed by atoms with Crippen molar-refractivity contribution in [2.24, 2.45) is 0 Å². The number of rotatable bonds is 4. The molecule has 5 heteroatoms. The van der Waals surface area contributed by atoms with Gasteiger partial charge in [0.25, 0.3) is 0 Å². The Morgan fingerprint density at radius 1 is 1.33 bits per heavy atom. The summed E-state index contributed by atoms with van der Waals surface area (Å²) in [7, 11) is 0. The average molecular weight is 215 g/mol. The molecule has 0 atom stereocenters. The molecule has 0 saturated heterocycles. The van der Waals surface area contributed by atoms with Gasteiger partial charge in [-0.05, 0) is 20.3 Å².